The lowest BCUT2D eigenvalue weighted by Gasteiger charge is -2.16. The number of nitrogens with one attached hydrogen (secondary N) is 2. The van der Waals surface area contributed by atoms with Gasteiger partial charge in [0, 0.05) is 24.2 Å². The maximum atomic E-state index is 4.21. The van der Waals surface area contributed by atoms with Crippen molar-refractivity contribution in [2.24, 2.45) is 0 Å². The number of imidazole rings is 1. The third-order valence-corrected chi connectivity index (χ3v) is 3.65. The van der Waals surface area contributed by atoms with Crippen LogP contribution in [-0.2, 0) is 0 Å². The predicted molar refractivity (Wildman–Crippen MR) is 72.3 cm³/mol. The number of hydrogen-bond donors (Lipinski definition) is 2. The van der Waals surface area contributed by atoms with Crippen molar-refractivity contribution in [3.63, 3.8) is 0 Å². The number of aromatic nitrogens is 2. The molecule has 0 fully saturated rings. The SMILES string of the molecule is CNC(CSc1ncc[nH]1)c1cccc(C)c1. The summed E-state index contributed by atoms with van der Waals surface area (Å²) >= 11 is 1.73. The third kappa shape index (κ3) is 3.35. The molecule has 3 nitrogen and oxygen atoms in total. The van der Waals surface area contributed by atoms with Gasteiger partial charge in [-0.05, 0) is 19.5 Å². The molecule has 1 heterocycles. The zero-order valence-corrected chi connectivity index (χ0v) is 10.9. The van der Waals surface area contributed by atoms with E-state index in [-0.39, 0.29) is 0 Å². The first kappa shape index (κ1) is 12.2. The number of nitrogens with zero attached hydrogens (tertiary/aromatic N) is 1. The van der Waals surface area contributed by atoms with Gasteiger partial charge in [0.2, 0.25) is 0 Å². The van der Waals surface area contributed by atoms with E-state index < -0.39 is 0 Å². The molecule has 0 aliphatic carbocycles. The highest BCUT2D eigenvalue weighted by atomic mass is 32.2. The molecule has 1 unspecified atom stereocenters. The lowest BCUT2D eigenvalue weighted by Crippen LogP contribution is -2.18. The summed E-state index contributed by atoms with van der Waals surface area (Å²) in [5.74, 6) is 0.966. The van der Waals surface area contributed by atoms with Crippen LogP contribution < -0.4 is 5.32 Å². The third-order valence-electron chi connectivity index (χ3n) is 2.65. The van der Waals surface area contributed by atoms with Gasteiger partial charge in [-0.2, -0.15) is 0 Å². The number of hydrogen-bond acceptors (Lipinski definition) is 3. The molecular weight excluding hydrogens is 230 g/mol. The number of aryl methyl sites for hydroxylation is 1. The summed E-state index contributed by atoms with van der Waals surface area (Å²) in [5.41, 5.74) is 2.62. The van der Waals surface area contributed by atoms with Crippen LogP contribution in [0.1, 0.15) is 17.2 Å². The van der Waals surface area contributed by atoms with E-state index in [1.807, 2.05) is 13.2 Å². The van der Waals surface area contributed by atoms with Crippen molar-refractivity contribution in [3.05, 3.63) is 47.8 Å². The van der Waals surface area contributed by atoms with Crippen LogP contribution in [0.2, 0.25) is 0 Å². The summed E-state index contributed by atoms with van der Waals surface area (Å²) in [6.45, 7) is 2.12. The van der Waals surface area contributed by atoms with Crippen LogP contribution in [0, 0.1) is 6.92 Å². The number of aromatic amines is 1. The fourth-order valence-electron chi connectivity index (χ4n) is 1.73. The first-order chi connectivity index (χ1) is 8.29. The molecule has 1 aromatic carbocycles. The molecule has 1 aromatic heterocycles. The molecule has 0 aliphatic heterocycles. The fraction of sp³-hybridized carbons (Fsp3) is 0.308. The summed E-state index contributed by atoms with van der Waals surface area (Å²) in [5, 5.41) is 4.32. The standard InChI is InChI=1S/C13H17N3S/c1-10-4-3-5-11(8-10)12(14-2)9-17-13-15-6-7-16-13/h3-8,12,14H,9H2,1-2H3,(H,15,16). The molecule has 2 N–H and O–H groups in total. The van der Waals surface area contributed by atoms with Crippen molar-refractivity contribution in [3.8, 4) is 0 Å². The first-order valence-electron chi connectivity index (χ1n) is 5.65. The van der Waals surface area contributed by atoms with Crippen LogP contribution in [-0.4, -0.2) is 22.8 Å². The minimum atomic E-state index is 0.352. The zero-order chi connectivity index (χ0) is 12.1. The van der Waals surface area contributed by atoms with E-state index in [2.05, 4.69) is 46.5 Å². The highest BCUT2D eigenvalue weighted by Gasteiger charge is 2.10. The number of benzene rings is 1. The van der Waals surface area contributed by atoms with E-state index in [0.717, 1.165) is 10.9 Å². The monoisotopic (exact) mass is 247 g/mol. The Morgan fingerprint density at radius 1 is 1.47 bits per heavy atom. The van der Waals surface area contributed by atoms with E-state index in [1.54, 1.807) is 18.0 Å². The topological polar surface area (TPSA) is 40.7 Å². The lowest BCUT2D eigenvalue weighted by atomic mass is 10.1. The molecule has 0 bridgehead atoms. The van der Waals surface area contributed by atoms with Gasteiger partial charge in [-0.15, -0.1) is 0 Å². The van der Waals surface area contributed by atoms with E-state index in [0.29, 0.717) is 6.04 Å². The lowest BCUT2D eigenvalue weighted by molar-refractivity contribution is 0.660. The first-order valence-corrected chi connectivity index (χ1v) is 6.64. The van der Waals surface area contributed by atoms with Crippen molar-refractivity contribution >= 4 is 11.8 Å². The van der Waals surface area contributed by atoms with Crippen LogP contribution in [0.3, 0.4) is 0 Å². The van der Waals surface area contributed by atoms with Crippen molar-refractivity contribution < 1.29 is 0 Å². The van der Waals surface area contributed by atoms with Crippen molar-refractivity contribution in [1.29, 1.82) is 0 Å². The summed E-state index contributed by atoms with van der Waals surface area (Å²) in [6.07, 6.45) is 3.63. The van der Waals surface area contributed by atoms with Gasteiger partial charge in [-0.1, -0.05) is 41.6 Å². The van der Waals surface area contributed by atoms with Crippen LogP contribution in [0.15, 0.2) is 41.8 Å². The summed E-state index contributed by atoms with van der Waals surface area (Å²) < 4.78 is 0. The number of H-pyrrole nitrogens is 1. The summed E-state index contributed by atoms with van der Waals surface area (Å²) in [4.78, 5) is 7.32. The molecule has 2 aromatic rings. The minimum Gasteiger partial charge on any atom is -0.340 e. The molecule has 0 saturated carbocycles. The van der Waals surface area contributed by atoms with Crippen LogP contribution in [0.4, 0.5) is 0 Å². The van der Waals surface area contributed by atoms with Crippen molar-refractivity contribution in [2.75, 3.05) is 12.8 Å². The second kappa shape index (κ2) is 5.89. The van der Waals surface area contributed by atoms with Crippen LogP contribution in [0.5, 0.6) is 0 Å². The van der Waals surface area contributed by atoms with Crippen LogP contribution >= 0.6 is 11.8 Å². The molecule has 2 rings (SSSR count). The van der Waals surface area contributed by atoms with E-state index in [1.165, 1.54) is 11.1 Å². The molecule has 90 valence electrons. The van der Waals surface area contributed by atoms with Gasteiger partial charge in [0.25, 0.3) is 0 Å². The Kier molecular flexibility index (Phi) is 4.23. The normalized spacial score (nSPS) is 12.6. The van der Waals surface area contributed by atoms with Gasteiger partial charge in [-0.3, -0.25) is 0 Å². The molecule has 0 saturated heterocycles. The smallest absolute Gasteiger partial charge is 0.165 e. The van der Waals surface area contributed by atoms with Crippen molar-refractivity contribution in [2.45, 2.75) is 18.1 Å². The average Bonchev–Trinajstić information content (AvgIpc) is 2.83. The Balaban J connectivity index is 2.01. The maximum Gasteiger partial charge on any atom is 0.165 e. The van der Waals surface area contributed by atoms with Gasteiger partial charge in [-0.25, -0.2) is 4.98 Å². The Hall–Kier alpha value is -1.26. The molecule has 0 spiro atoms. The Morgan fingerprint density at radius 2 is 2.35 bits per heavy atom. The molecule has 0 aliphatic rings. The largest absolute Gasteiger partial charge is 0.340 e. The Labute approximate surface area is 106 Å². The Morgan fingerprint density at radius 3 is 3.00 bits per heavy atom. The van der Waals surface area contributed by atoms with E-state index in [9.17, 15) is 0 Å². The summed E-state index contributed by atoms with van der Waals surface area (Å²) in [6, 6.07) is 8.97. The molecule has 0 radical (unpaired) electrons. The number of rotatable bonds is 5. The molecule has 0 amide bonds. The van der Waals surface area contributed by atoms with Gasteiger partial charge in [0.15, 0.2) is 5.16 Å². The van der Waals surface area contributed by atoms with Crippen LogP contribution in [0.25, 0.3) is 0 Å². The van der Waals surface area contributed by atoms with Crippen molar-refractivity contribution in [1.82, 2.24) is 15.3 Å². The molecule has 17 heavy (non-hydrogen) atoms. The average molecular weight is 247 g/mol. The molecular formula is C13H17N3S. The van der Waals surface area contributed by atoms with Gasteiger partial charge in [0.1, 0.15) is 0 Å². The second-order valence-electron chi connectivity index (χ2n) is 3.96. The number of thioether (sulfide) groups is 1. The van der Waals surface area contributed by atoms with Gasteiger partial charge < -0.3 is 10.3 Å². The summed E-state index contributed by atoms with van der Waals surface area (Å²) in [7, 11) is 2.00. The second-order valence-corrected chi connectivity index (χ2v) is 4.97. The van der Waals surface area contributed by atoms with E-state index >= 15 is 0 Å². The zero-order valence-electron chi connectivity index (χ0n) is 10.1. The molecule has 1 atom stereocenters. The van der Waals surface area contributed by atoms with Gasteiger partial charge in [0.05, 0.1) is 0 Å². The minimum absolute atomic E-state index is 0.352. The van der Waals surface area contributed by atoms with Gasteiger partial charge >= 0.3 is 0 Å². The quantitative estimate of drug-likeness (QED) is 0.798. The highest BCUT2D eigenvalue weighted by Crippen LogP contribution is 2.22. The predicted octanol–water partition coefficient (Wildman–Crippen LogP) is 2.77. The maximum absolute atomic E-state index is 4.21. The molecule has 4 heteroatoms. The highest BCUT2D eigenvalue weighted by molar-refractivity contribution is 7.99. The Bertz CT molecular complexity index is 453. The van der Waals surface area contributed by atoms with E-state index in [4.69, 9.17) is 0 Å². The fourth-order valence-corrected chi connectivity index (χ4v) is 2.70.